The van der Waals surface area contributed by atoms with Crippen LogP contribution < -0.4 is 5.48 Å². The summed E-state index contributed by atoms with van der Waals surface area (Å²) >= 11 is 0. The second kappa shape index (κ2) is 3.40. The first kappa shape index (κ1) is 8.79. The molecule has 6 nitrogen and oxygen atoms in total. The summed E-state index contributed by atoms with van der Waals surface area (Å²) in [7, 11) is 0. The van der Waals surface area contributed by atoms with Gasteiger partial charge in [-0.05, 0) is 12.8 Å². The molecule has 0 aromatic carbocycles. The lowest BCUT2D eigenvalue weighted by Gasteiger charge is -2.20. The standard InChI is InChI=1S/C6H11N3O3/c7-5(8-12)4-2-1-3-9(4)6(10)11/h4,12H,1-3H2,(H2,7,8)(H,10,11)/t4-/m0/s1. The predicted octanol–water partition coefficient (Wildman–Crippen LogP) is 0.0849. The van der Waals surface area contributed by atoms with Gasteiger partial charge in [0, 0.05) is 6.54 Å². The molecule has 12 heavy (non-hydrogen) atoms. The van der Waals surface area contributed by atoms with Crippen LogP contribution in [0.4, 0.5) is 4.79 Å². The molecule has 1 rings (SSSR count). The van der Waals surface area contributed by atoms with Gasteiger partial charge in [-0.15, -0.1) is 0 Å². The number of hydroxylamine groups is 1. The average molecular weight is 173 g/mol. The van der Waals surface area contributed by atoms with Crippen molar-refractivity contribution in [3.05, 3.63) is 0 Å². The van der Waals surface area contributed by atoms with Crippen molar-refractivity contribution in [2.75, 3.05) is 6.54 Å². The van der Waals surface area contributed by atoms with Crippen molar-refractivity contribution in [2.24, 2.45) is 0 Å². The molecule has 0 aromatic rings. The molecule has 1 atom stereocenters. The van der Waals surface area contributed by atoms with Crippen molar-refractivity contribution in [1.29, 1.82) is 5.41 Å². The van der Waals surface area contributed by atoms with Gasteiger partial charge < -0.3 is 5.11 Å². The number of amides is 1. The van der Waals surface area contributed by atoms with Crippen LogP contribution in [0.15, 0.2) is 0 Å². The molecule has 1 aliphatic heterocycles. The zero-order valence-corrected chi connectivity index (χ0v) is 6.45. The lowest BCUT2D eigenvalue weighted by Crippen LogP contribution is -2.44. The molecule has 1 heterocycles. The summed E-state index contributed by atoms with van der Waals surface area (Å²) in [6, 6.07) is -0.507. The highest BCUT2D eigenvalue weighted by molar-refractivity contribution is 5.87. The van der Waals surface area contributed by atoms with E-state index in [1.54, 1.807) is 5.48 Å². The van der Waals surface area contributed by atoms with E-state index in [-0.39, 0.29) is 5.84 Å². The summed E-state index contributed by atoms with van der Waals surface area (Å²) in [6.07, 6.45) is 0.289. The van der Waals surface area contributed by atoms with Gasteiger partial charge in [0.2, 0.25) is 0 Å². The Morgan fingerprint density at radius 1 is 1.67 bits per heavy atom. The second-order valence-corrected chi connectivity index (χ2v) is 2.66. The van der Waals surface area contributed by atoms with Gasteiger partial charge in [0.15, 0.2) is 0 Å². The summed E-state index contributed by atoms with van der Waals surface area (Å²) in [4.78, 5) is 11.7. The Morgan fingerprint density at radius 3 is 2.83 bits per heavy atom. The first-order valence-corrected chi connectivity index (χ1v) is 3.65. The lowest BCUT2D eigenvalue weighted by atomic mass is 10.2. The van der Waals surface area contributed by atoms with Gasteiger partial charge in [-0.2, -0.15) is 0 Å². The number of hydrogen-bond acceptors (Lipinski definition) is 3. The third-order valence-electron chi connectivity index (χ3n) is 1.95. The number of rotatable bonds is 1. The van der Waals surface area contributed by atoms with Crippen LogP contribution in [0.25, 0.3) is 0 Å². The van der Waals surface area contributed by atoms with Crippen LogP contribution in [0.2, 0.25) is 0 Å². The Labute approximate surface area is 69.3 Å². The maximum absolute atomic E-state index is 10.6. The maximum Gasteiger partial charge on any atom is 0.407 e. The molecule has 1 aliphatic rings. The highest BCUT2D eigenvalue weighted by Crippen LogP contribution is 2.16. The predicted molar refractivity (Wildman–Crippen MR) is 40.4 cm³/mol. The molecule has 1 fully saturated rings. The number of likely N-dealkylation sites (tertiary alicyclic amines) is 1. The number of nitrogens with zero attached hydrogens (tertiary/aromatic N) is 1. The van der Waals surface area contributed by atoms with E-state index in [0.29, 0.717) is 13.0 Å². The molecule has 0 unspecified atom stereocenters. The monoisotopic (exact) mass is 173 g/mol. The smallest absolute Gasteiger partial charge is 0.407 e. The maximum atomic E-state index is 10.6. The highest BCUT2D eigenvalue weighted by Gasteiger charge is 2.31. The van der Waals surface area contributed by atoms with E-state index in [9.17, 15) is 4.79 Å². The van der Waals surface area contributed by atoms with E-state index in [2.05, 4.69) is 0 Å². The highest BCUT2D eigenvalue weighted by atomic mass is 16.5. The molecular weight excluding hydrogens is 162 g/mol. The second-order valence-electron chi connectivity index (χ2n) is 2.66. The van der Waals surface area contributed by atoms with Crippen LogP contribution >= 0.6 is 0 Å². The van der Waals surface area contributed by atoms with Gasteiger partial charge in [-0.25, -0.2) is 4.79 Å². The van der Waals surface area contributed by atoms with E-state index >= 15 is 0 Å². The average Bonchev–Trinajstić information content (AvgIpc) is 2.50. The molecule has 4 N–H and O–H groups in total. The van der Waals surface area contributed by atoms with Crippen molar-refractivity contribution in [2.45, 2.75) is 18.9 Å². The fourth-order valence-electron chi connectivity index (χ4n) is 1.37. The Kier molecular flexibility index (Phi) is 2.49. The summed E-state index contributed by atoms with van der Waals surface area (Å²) in [6.45, 7) is 0.435. The molecule has 6 heteroatoms. The van der Waals surface area contributed by atoms with Crippen LogP contribution in [0.3, 0.4) is 0 Å². The summed E-state index contributed by atoms with van der Waals surface area (Å²) < 4.78 is 0. The van der Waals surface area contributed by atoms with E-state index < -0.39 is 12.1 Å². The van der Waals surface area contributed by atoms with Gasteiger partial charge in [-0.1, -0.05) is 0 Å². The van der Waals surface area contributed by atoms with Crippen LogP contribution in [-0.2, 0) is 0 Å². The van der Waals surface area contributed by atoms with Crippen LogP contribution in [-0.4, -0.2) is 39.7 Å². The number of nitrogens with one attached hydrogen (secondary N) is 2. The Balaban J connectivity index is 2.63. The minimum atomic E-state index is -1.04. The van der Waals surface area contributed by atoms with Crippen molar-refractivity contribution in [3.63, 3.8) is 0 Å². The molecule has 68 valence electrons. The number of carboxylic acid groups (broad SMARTS) is 1. The Morgan fingerprint density at radius 2 is 2.33 bits per heavy atom. The molecule has 0 aromatic heterocycles. The van der Waals surface area contributed by atoms with Gasteiger partial charge in [0.1, 0.15) is 5.84 Å². The van der Waals surface area contributed by atoms with Gasteiger partial charge >= 0.3 is 6.09 Å². The van der Waals surface area contributed by atoms with Crippen molar-refractivity contribution in [3.8, 4) is 0 Å². The Hall–Kier alpha value is -1.30. The number of hydrogen-bond donors (Lipinski definition) is 4. The largest absolute Gasteiger partial charge is 0.465 e. The molecule has 0 saturated carbocycles. The Bertz CT molecular complexity index is 206. The topological polar surface area (TPSA) is 96.7 Å². The molecule has 0 aliphatic carbocycles. The first-order valence-electron chi connectivity index (χ1n) is 3.65. The van der Waals surface area contributed by atoms with E-state index in [4.69, 9.17) is 15.7 Å². The third kappa shape index (κ3) is 1.48. The van der Waals surface area contributed by atoms with E-state index in [1.807, 2.05) is 0 Å². The molecule has 0 bridgehead atoms. The summed E-state index contributed by atoms with van der Waals surface area (Å²) in [5, 5.41) is 24.2. The minimum absolute atomic E-state index is 0.157. The number of amidine groups is 1. The quantitative estimate of drug-likeness (QED) is 0.256. The molecule has 1 saturated heterocycles. The van der Waals surface area contributed by atoms with Crippen LogP contribution in [0.1, 0.15) is 12.8 Å². The summed E-state index contributed by atoms with van der Waals surface area (Å²) in [5.41, 5.74) is 1.67. The zero-order valence-electron chi connectivity index (χ0n) is 6.45. The number of carbonyl (C=O) groups is 1. The van der Waals surface area contributed by atoms with Crippen molar-refractivity contribution < 1.29 is 15.1 Å². The molecule has 0 spiro atoms. The van der Waals surface area contributed by atoms with Gasteiger partial charge in [0.05, 0.1) is 6.04 Å². The molecule has 1 amide bonds. The molecule has 0 radical (unpaired) electrons. The van der Waals surface area contributed by atoms with E-state index in [1.165, 1.54) is 0 Å². The van der Waals surface area contributed by atoms with E-state index in [0.717, 1.165) is 11.3 Å². The van der Waals surface area contributed by atoms with Crippen LogP contribution in [0.5, 0.6) is 0 Å². The fraction of sp³-hybridized carbons (Fsp3) is 0.667. The molecular formula is C6H11N3O3. The summed E-state index contributed by atoms with van der Waals surface area (Å²) in [5.74, 6) is -0.157. The third-order valence-corrected chi connectivity index (χ3v) is 1.95. The van der Waals surface area contributed by atoms with Crippen LogP contribution in [0, 0.1) is 5.41 Å². The lowest BCUT2D eigenvalue weighted by molar-refractivity contribution is 0.145. The van der Waals surface area contributed by atoms with Crippen molar-refractivity contribution >= 4 is 11.9 Å². The van der Waals surface area contributed by atoms with Crippen molar-refractivity contribution in [1.82, 2.24) is 10.4 Å². The van der Waals surface area contributed by atoms with Gasteiger partial charge in [-0.3, -0.25) is 21.0 Å². The van der Waals surface area contributed by atoms with Gasteiger partial charge in [0.25, 0.3) is 0 Å². The zero-order chi connectivity index (χ0) is 9.14. The fourth-order valence-corrected chi connectivity index (χ4v) is 1.37. The minimum Gasteiger partial charge on any atom is -0.465 e. The normalized spacial score (nSPS) is 22.4. The first-order chi connectivity index (χ1) is 5.66. The SMILES string of the molecule is N=C(NO)[C@@H]1CCCN1C(=O)O.